The van der Waals surface area contributed by atoms with Crippen LogP contribution in [-0.2, 0) is 0 Å². The number of hydrogen-bond acceptors (Lipinski definition) is 3. The number of pyridine rings is 1. The zero-order valence-electron chi connectivity index (χ0n) is 11.9. The lowest BCUT2D eigenvalue weighted by Gasteiger charge is -2.46. The maximum Gasteiger partial charge on any atom is 0.110 e. The fourth-order valence-electron chi connectivity index (χ4n) is 3.38. The molecule has 3 unspecified atom stereocenters. The molecule has 0 amide bonds. The van der Waals surface area contributed by atoms with E-state index in [2.05, 4.69) is 30.7 Å². The van der Waals surface area contributed by atoms with Crippen LogP contribution in [0.15, 0.2) is 18.5 Å². The minimum absolute atomic E-state index is 0.166. The Labute approximate surface area is 113 Å². The Bertz CT molecular complexity index is 554. The molecule has 0 aliphatic heterocycles. The van der Waals surface area contributed by atoms with Gasteiger partial charge < -0.3 is 10.7 Å². The van der Waals surface area contributed by atoms with Gasteiger partial charge in [-0.1, -0.05) is 20.8 Å². The van der Waals surface area contributed by atoms with Gasteiger partial charge in [0.15, 0.2) is 0 Å². The quantitative estimate of drug-likeness (QED) is 0.826. The van der Waals surface area contributed by atoms with Crippen LogP contribution in [-0.4, -0.2) is 21.0 Å². The number of hydrogen-bond donors (Lipinski definition) is 2. The summed E-state index contributed by atoms with van der Waals surface area (Å²) in [4.78, 5) is 12.3. The zero-order valence-corrected chi connectivity index (χ0v) is 11.9. The standard InChI is InChI=1S/C15H22N4/c1-9-11(16)5-4-10(15(9,2)3)14-18-12-6-7-17-8-13(12)19-14/h6-11H,4-5,16H2,1-3H3,(H,18,19). The first-order chi connectivity index (χ1) is 9.00. The molecule has 0 bridgehead atoms. The van der Waals surface area contributed by atoms with Crippen LogP contribution in [0.25, 0.3) is 11.0 Å². The summed E-state index contributed by atoms with van der Waals surface area (Å²) >= 11 is 0. The molecule has 4 nitrogen and oxygen atoms in total. The fourth-order valence-corrected chi connectivity index (χ4v) is 3.38. The van der Waals surface area contributed by atoms with Crippen molar-refractivity contribution in [2.24, 2.45) is 17.1 Å². The molecule has 0 saturated heterocycles. The molecule has 102 valence electrons. The molecule has 0 aromatic carbocycles. The molecule has 3 atom stereocenters. The Morgan fingerprint density at radius 3 is 2.89 bits per heavy atom. The highest BCUT2D eigenvalue weighted by atomic mass is 14.9. The molecular weight excluding hydrogens is 236 g/mol. The largest absolute Gasteiger partial charge is 0.340 e. The minimum Gasteiger partial charge on any atom is -0.340 e. The number of imidazole rings is 1. The molecule has 1 aliphatic rings. The SMILES string of the molecule is CC1C(N)CCC(c2nc3ccncc3[nH]2)C1(C)C. The molecule has 1 aliphatic carbocycles. The first kappa shape index (κ1) is 12.6. The Hall–Kier alpha value is -1.42. The number of nitrogens with one attached hydrogen (secondary N) is 1. The van der Waals surface area contributed by atoms with Crippen molar-refractivity contribution in [1.82, 2.24) is 15.0 Å². The van der Waals surface area contributed by atoms with Gasteiger partial charge in [-0.2, -0.15) is 0 Å². The van der Waals surface area contributed by atoms with E-state index >= 15 is 0 Å². The van der Waals surface area contributed by atoms with Crippen molar-refractivity contribution < 1.29 is 0 Å². The van der Waals surface area contributed by atoms with E-state index in [4.69, 9.17) is 10.7 Å². The molecule has 0 spiro atoms. The summed E-state index contributed by atoms with van der Waals surface area (Å²) in [5.41, 5.74) is 8.42. The minimum atomic E-state index is 0.166. The van der Waals surface area contributed by atoms with Crippen molar-refractivity contribution in [2.45, 2.75) is 45.6 Å². The van der Waals surface area contributed by atoms with E-state index in [1.807, 2.05) is 12.3 Å². The highest BCUT2D eigenvalue weighted by Gasteiger charge is 2.43. The Morgan fingerprint density at radius 1 is 1.37 bits per heavy atom. The lowest BCUT2D eigenvalue weighted by Crippen LogP contribution is -2.46. The van der Waals surface area contributed by atoms with E-state index in [1.165, 1.54) is 0 Å². The maximum atomic E-state index is 6.23. The van der Waals surface area contributed by atoms with Gasteiger partial charge in [-0.15, -0.1) is 0 Å². The third-order valence-corrected chi connectivity index (χ3v) is 5.13. The number of rotatable bonds is 1. The Balaban J connectivity index is 2.01. The predicted octanol–water partition coefficient (Wildman–Crippen LogP) is 2.82. The van der Waals surface area contributed by atoms with Crippen LogP contribution >= 0.6 is 0 Å². The molecule has 3 N–H and O–H groups in total. The van der Waals surface area contributed by atoms with Crippen LogP contribution in [0.1, 0.15) is 45.4 Å². The van der Waals surface area contributed by atoms with E-state index in [0.717, 1.165) is 29.7 Å². The number of nitrogens with two attached hydrogens (primary N) is 1. The van der Waals surface area contributed by atoms with E-state index in [0.29, 0.717) is 17.9 Å². The second-order valence-electron chi connectivity index (χ2n) is 6.42. The zero-order chi connectivity index (χ0) is 13.6. The van der Waals surface area contributed by atoms with Gasteiger partial charge in [0, 0.05) is 18.2 Å². The van der Waals surface area contributed by atoms with Gasteiger partial charge in [0.25, 0.3) is 0 Å². The maximum absolute atomic E-state index is 6.23. The third kappa shape index (κ3) is 1.94. The lowest BCUT2D eigenvalue weighted by molar-refractivity contribution is 0.0954. The van der Waals surface area contributed by atoms with Gasteiger partial charge in [-0.05, 0) is 30.2 Å². The average molecular weight is 258 g/mol. The number of nitrogens with zero attached hydrogens (tertiary/aromatic N) is 2. The molecule has 2 heterocycles. The second kappa shape index (κ2) is 4.30. The molecule has 0 radical (unpaired) electrons. The van der Waals surface area contributed by atoms with Gasteiger partial charge in [-0.25, -0.2) is 4.98 Å². The highest BCUT2D eigenvalue weighted by Crippen LogP contribution is 2.49. The molecule has 19 heavy (non-hydrogen) atoms. The summed E-state index contributed by atoms with van der Waals surface area (Å²) in [7, 11) is 0. The summed E-state index contributed by atoms with van der Waals surface area (Å²) in [5, 5.41) is 0. The number of fused-ring (bicyclic) bond motifs is 1. The van der Waals surface area contributed by atoms with Crippen LogP contribution in [0.2, 0.25) is 0 Å². The van der Waals surface area contributed by atoms with Crippen molar-refractivity contribution in [2.75, 3.05) is 0 Å². The van der Waals surface area contributed by atoms with Crippen LogP contribution < -0.4 is 5.73 Å². The highest BCUT2D eigenvalue weighted by molar-refractivity contribution is 5.73. The Morgan fingerprint density at radius 2 is 2.16 bits per heavy atom. The number of aromatic amines is 1. The molecule has 3 rings (SSSR count). The van der Waals surface area contributed by atoms with Crippen LogP contribution in [0, 0.1) is 11.3 Å². The van der Waals surface area contributed by atoms with Gasteiger partial charge in [0.05, 0.1) is 17.2 Å². The van der Waals surface area contributed by atoms with Crippen molar-refractivity contribution in [3.63, 3.8) is 0 Å². The van der Waals surface area contributed by atoms with E-state index in [9.17, 15) is 0 Å². The molecule has 4 heteroatoms. The van der Waals surface area contributed by atoms with Crippen molar-refractivity contribution >= 4 is 11.0 Å². The van der Waals surface area contributed by atoms with Gasteiger partial charge >= 0.3 is 0 Å². The molecule has 1 fully saturated rings. The normalized spacial score (nSPS) is 30.6. The van der Waals surface area contributed by atoms with E-state index in [-0.39, 0.29) is 5.41 Å². The van der Waals surface area contributed by atoms with E-state index < -0.39 is 0 Å². The molecule has 2 aromatic rings. The average Bonchev–Trinajstić information content (AvgIpc) is 2.79. The van der Waals surface area contributed by atoms with Crippen molar-refractivity contribution in [3.8, 4) is 0 Å². The Kier molecular flexibility index (Phi) is 2.86. The van der Waals surface area contributed by atoms with Gasteiger partial charge in [-0.3, -0.25) is 4.98 Å². The first-order valence-electron chi connectivity index (χ1n) is 7.05. The third-order valence-electron chi connectivity index (χ3n) is 5.13. The number of aromatic nitrogens is 3. The van der Waals surface area contributed by atoms with Crippen molar-refractivity contribution in [3.05, 3.63) is 24.3 Å². The van der Waals surface area contributed by atoms with Gasteiger partial charge in [0.2, 0.25) is 0 Å². The second-order valence-corrected chi connectivity index (χ2v) is 6.42. The molecule has 1 saturated carbocycles. The van der Waals surface area contributed by atoms with Crippen molar-refractivity contribution in [1.29, 1.82) is 0 Å². The monoisotopic (exact) mass is 258 g/mol. The molecular formula is C15H22N4. The summed E-state index contributed by atoms with van der Waals surface area (Å²) in [5.74, 6) is 2.03. The first-order valence-corrected chi connectivity index (χ1v) is 7.05. The van der Waals surface area contributed by atoms with Crippen LogP contribution in [0.5, 0.6) is 0 Å². The van der Waals surface area contributed by atoms with E-state index in [1.54, 1.807) is 6.20 Å². The van der Waals surface area contributed by atoms with Gasteiger partial charge in [0.1, 0.15) is 5.82 Å². The summed E-state index contributed by atoms with van der Waals surface area (Å²) < 4.78 is 0. The summed E-state index contributed by atoms with van der Waals surface area (Å²) in [6.07, 6.45) is 5.81. The van der Waals surface area contributed by atoms with Crippen LogP contribution in [0.4, 0.5) is 0 Å². The van der Waals surface area contributed by atoms with Crippen LogP contribution in [0.3, 0.4) is 0 Å². The number of H-pyrrole nitrogens is 1. The summed E-state index contributed by atoms with van der Waals surface area (Å²) in [6, 6.07) is 2.26. The smallest absolute Gasteiger partial charge is 0.110 e. The predicted molar refractivity (Wildman–Crippen MR) is 76.8 cm³/mol. The summed E-state index contributed by atoms with van der Waals surface area (Å²) in [6.45, 7) is 6.89. The topological polar surface area (TPSA) is 67.6 Å². The lowest BCUT2D eigenvalue weighted by atomic mass is 9.61. The fraction of sp³-hybridized carbons (Fsp3) is 0.600. The molecule has 2 aromatic heterocycles.